The molecule has 1 saturated heterocycles. The normalized spacial score (nSPS) is 16.7. The van der Waals surface area contributed by atoms with Gasteiger partial charge in [-0.2, -0.15) is 0 Å². The fraction of sp³-hybridized carbons (Fsp3) is 0.533. The first-order valence-electron chi connectivity index (χ1n) is 7.18. The first kappa shape index (κ1) is 16.2. The Morgan fingerprint density at radius 2 is 2.19 bits per heavy atom. The molecule has 2 rings (SSSR count). The van der Waals surface area contributed by atoms with Gasteiger partial charge in [-0.1, -0.05) is 22.9 Å². The maximum atomic E-state index is 13.5. The van der Waals surface area contributed by atoms with E-state index >= 15 is 0 Å². The van der Waals surface area contributed by atoms with Gasteiger partial charge in [0, 0.05) is 23.6 Å². The van der Waals surface area contributed by atoms with Gasteiger partial charge in [0.05, 0.1) is 0 Å². The van der Waals surface area contributed by atoms with Crippen LogP contribution in [0.1, 0.15) is 19.8 Å². The van der Waals surface area contributed by atoms with E-state index in [9.17, 15) is 9.18 Å². The Morgan fingerprint density at radius 1 is 1.48 bits per heavy atom. The molecular formula is C15H20BrFN2O2. The molecule has 0 spiro atoms. The summed E-state index contributed by atoms with van der Waals surface area (Å²) in [7, 11) is 0. The molecule has 1 aromatic rings. The number of hydrogen-bond acceptors (Lipinski definition) is 3. The molecule has 116 valence electrons. The molecular weight excluding hydrogens is 339 g/mol. The largest absolute Gasteiger partial charge is 0.481 e. The summed E-state index contributed by atoms with van der Waals surface area (Å²) in [4.78, 5) is 14.2. The minimum atomic E-state index is -0.478. The lowest BCUT2D eigenvalue weighted by molar-refractivity contribution is -0.124. The summed E-state index contributed by atoms with van der Waals surface area (Å²) in [5.41, 5.74) is 0. The summed E-state index contributed by atoms with van der Waals surface area (Å²) in [5.74, 6) is -0.588. The van der Waals surface area contributed by atoms with Crippen LogP contribution in [0.15, 0.2) is 22.7 Å². The number of hydrogen-bond donors (Lipinski definition) is 1. The number of nitrogens with one attached hydrogen (secondary N) is 1. The molecule has 1 amide bonds. The number of amides is 1. The van der Waals surface area contributed by atoms with Crippen LogP contribution in [0.3, 0.4) is 0 Å². The van der Waals surface area contributed by atoms with Gasteiger partial charge in [-0.05, 0) is 37.6 Å². The third-order valence-electron chi connectivity index (χ3n) is 3.65. The van der Waals surface area contributed by atoms with Crippen LogP contribution in [-0.2, 0) is 4.79 Å². The van der Waals surface area contributed by atoms with Gasteiger partial charge in [-0.15, -0.1) is 0 Å². The lowest BCUT2D eigenvalue weighted by Gasteiger charge is -2.31. The molecule has 0 atom stereocenters. The molecule has 1 aliphatic rings. The molecule has 1 aliphatic heterocycles. The van der Waals surface area contributed by atoms with Crippen molar-refractivity contribution in [1.29, 1.82) is 0 Å². The molecule has 1 fully saturated rings. The lowest BCUT2D eigenvalue weighted by Crippen LogP contribution is -2.45. The van der Waals surface area contributed by atoms with Gasteiger partial charge in [-0.3, -0.25) is 4.79 Å². The van der Waals surface area contributed by atoms with Crippen molar-refractivity contribution in [1.82, 2.24) is 10.2 Å². The van der Waals surface area contributed by atoms with E-state index in [0.717, 1.165) is 32.5 Å². The van der Waals surface area contributed by atoms with Gasteiger partial charge in [0.15, 0.2) is 18.2 Å². The Bertz CT molecular complexity index is 491. The number of carbonyl (C=O) groups is 1. The minimum Gasteiger partial charge on any atom is -0.481 e. The van der Waals surface area contributed by atoms with Crippen molar-refractivity contribution in [3.8, 4) is 5.75 Å². The third-order valence-corrected chi connectivity index (χ3v) is 4.15. The average molecular weight is 359 g/mol. The van der Waals surface area contributed by atoms with E-state index < -0.39 is 5.82 Å². The molecule has 1 N–H and O–H groups in total. The Hall–Kier alpha value is -1.14. The van der Waals surface area contributed by atoms with Crippen LogP contribution in [0.5, 0.6) is 5.75 Å². The maximum absolute atomic E-state index is 13.5. The van der Waals surface area contributed by atoms with E-state index in [1.165, 1.54) is 12.1 Å². The van der Waals surface area contributed by atoms with Crippen LogP contribution in [0, 0.1) is 5.82 Å². The number of piperidine rings is 1. The van der Waals surface area contributed by atoms with Crippen LogP contribution in [0.2, 0.25) is 0 Å². The van der Waals surface area contributed by atoms with Crippen LogP contribution >= 0.6 is 15.9 Å². The van der Waals surface area contributed by atoms with E-state index in [1.807, 2.05) is 0 Å². The zero-order valence-electron chi connectivity index (χ0n) is 12.1. The van der Waals surface area contributed by atoms with Crippen molar-refractivity contribution >= 4 is 21.8 Å². The molecule has 6 heteroatoms. The quantitative estimate of drug-likeness (QED) is 0.879. The maximum Gasteiger partial charge on any atom is 0.258 e. The summed E-state index contributed by atoms with van der Waals surface area (Å²) >= 11 is 3.17. The van der Waals surface area contributed by atoms with Crippen LogP contribution in [-0.4, -0.2) is 43.1 Å². The van der Waals surface area contributed by atoms with Crippen LogP contribution in [0.25, 0.3) is 0 Å². The second-order valence-corrected chi connectivity index (χ2v) is 6.06. The summed E-state index contributed by atoms with van der Waals surface area (Å²) in [6, 6.07) is 4.69. The number of halogens is 2. The van der Waals surface area contributed by atoms with Gasteiger partial charge in [0.25, 0.3) is 5.91 Å². The predicted octanol–water partition coefficient (Wildman–Crippen LogP) is 2.57. The van der Waals surface area contributed by atoms with Crippen molar-refractivity contribution in [2.75, 3.05) is 26.2 Å². The summed E-state index contributed by atoms with van der Waals surface area (Å²) in [6.07, 6.45) is 1.90. The second-order valence-electron chi connectivity index (χ2n) is 5.14. The van der Waals surface area contributed by atoms with Gasteiger partial charge in [-0.25, -0.2) is 4.39 Å². The zero-order valence-corrected chi connectivity index (χ0v) is 13.7. The van der Waals surface area contributed by atoms with E-state index in [-0.39, 0.29) is 24.3 Å². The zero-order chi connectivity index (χ0) is 15.2. The molecule has 21 heavy (non-hydrogen) atoms. The highest BCUT2D eigenvalue weighted by Crippen LogP contribution is 2.21. The van der Waals surface area contributed by atoms with Gasteiger partial charge >= 0.3 is 0 Å². The molecule has 0 aromatic heterocycles. The van der Waals surface area contributed by atoms with Crippen molar-refractivity contribution in [2.24, 2.45) is 0 Å². The molecule has 4 nitrogen and oxygen atoms in total. The number of nitrogens with zero attached hydrogens (tertiary/aromatic N) is 1. The fourth-order valence-corrected chi connectivity index (χ4v) is 2.73. The highest BCUT2D eigenvalue weighted by atomic mass is 79.9. The average Bonchev–Trinajstić information content (AvgIpc) is 2.47. The highest BCUT2D eigenvalue weighted by Gasteiger charge is 2.19. The number of benzene rings is 1. The van der Waals surface area contributed by atoms with Crippen LogP contribution in [0.4, 0.5) is 4.39 Å². The number of carbonyl (C=O) groups excluding carboxylic acids is 1. The smallest absolute Gasteiger partial charge is 0.258 e. The van der Waals surface area contributed by atoms with Crippen molar-refractivity contribution in [3.05, 3.63) is 28.5 Å². The highest BCUT2D eigenvalue weighted by molar-refractivity contribution is 9.10. The van der Waals surface area contributed by atoms with Crippen molar-refractivity contribution in [3.63, 3.8) is 0 Å². The van der Waals surface area contributed by atoms with Crippen molar-refractivity contribution < 1.29 is 13.9 Å². The number of rotatable bonds is 5. The predicted molar refractivity (Wildman–Crippen MR) is 82.9 cm³/mol. The molecule has 0 bridgehead atoms. The molecule has 0 unspecified atom stereocenters. The summed E-state index contributed by atoms with van der Waals surface area (Å²) in [5, 5.41) is 2.94. The molecule has 1 heterocycles. The minimum absolute atomic E-state index is 0.0918. The Labute approximate surface area is 132 Å². The van der Waals surface area contributed by atoms with E-state index in [2.05, 4.69) is 33.1 Å². The standard InChI is InChI=1S/C15H20BrFN2O2/c1-2-19-7-5-12(6-8-19)18-15(20)10-21-14-4-3-11(16)9-13(14)17/h3-4,9,12H,2,5-8,10H2,1H3,(H,18,20). The summed E-state index contributed by atoms with van der Waals surface area (Å²) in [6.45, 7) is 5.03. The monoisotopic (exact) mass is 358 g/mol. The van der Waals surface area contributed by atoms with E-state index in [1.54, 1.807) is 6.07 Å². The van der Waals surface area contributed by atoms with E-state index in [4.69, 9.17) is 4.74 Å². The van der Waals surface area contributed by atoms with Crippen molar-refractivity contribution in [2.45, 2.75) is 25.8 Å². The fourth-order valence-electron chi connectivity index (χ4n) is 2.40. The first-order chi connectivity index (χ1) is 10.1. The topological polar surface area (TPSA) is 41.6 Å². The molecule has 0 aliphatic carbocycles. The molecule has 1 aromatic carbocycles. The van der Waals surface area contributed by atoms with Gasteiger partial charge in [0.1, 0.15) is 0 Å². The second kappa shape index (κ2) is 7.75. The number of likely N-dealkylation sites (tertiary alicyclic amines) is 1. The van der Waals surface area contributed by atoms with Gasteiger partial charge in [0.2, 0.25) is 0 Å². The SMILES string of the molecule is CCN1CCC(NC(=O)COc2ccc(Br)cc2F)CC1. The molecule has 0 saturated carbocycles. The third kappa shape index (κ3) is 4.97. The van der Waals surface area contributed by atoms with Gasteiger partial charge < -0.3 is 15.0 Å². The number of ether oxygens (including phenoxy) is 1. The van der Waals surface area contributed by atoms with E-state index in [0.29, 0.717) is 4.47 Å². The Balaban J connectivity index is 1.75. The Morgan fingerprint density at radius 3 is 2.81 bits per heavy atom. The Kier molecular flexibility index (Phi) is 5.99. The van der Waals surface area contributed by atoms with Crippen LogP contribution < -0.4 is 10.1 Å². The summed E-state index contributed by atoms with van der Waals surface area (Å²) < 4.78 is 19.4. The first-order valence-corrected chi connectivity index (χ1v) is 7.97. The lowest BCUT2D eigenvalue weighted by atomic mass is 10.1. The molecule has 0 radical (unpaired) electrons.